The number of ketones is 1. The molecular weight excluding hydrogens is 472 g/mol. The van der Waals surface area contributed by atoms with E-state index in [9.17, 15) is 14.9 Å². The molecule has 0 fully saturated rings. The van der Waals surface area contributed by atoms with Gasteiger partial charge in [-0.05, 0) is 48.3 Å². The number of hydrogen-bond donors (Lipinski definition) is 1. The summed E-state index contributed by atoms with van der Waals surface area (Å²) in [6, 6.07) is 22.1. The largest absolute Gasteiger partial charge is 0.492 e. The molecule has 1 aliphatic rings. The molecule has 0 bridgehead atoms. The Balaban J connectivity index is 1.27. The summed E-state index contributed by atoms with van der Waals surface area (Å²) in [6.07, 6.45) is 5.50. The molecule has 1 aliphatic carbocycles. The van der Waals surface area contributed by atoms with E-state index in [0.717, 1.165) is 24.2 Å². The predicted molar refractivity (Wildman–Crippen MR) is 143 cm³/mol. The third-order valence-electron chi connectivity index (χ3n) is 6.70. The number of nitrogens with zero attached hydrogens (tertiary/aromatic N) is 1. The average molecular weight is 501 g/mol. The summed E-state index contributed by atoms with van der Waals surface area (Å²) in [5.74, 6) is 0.737. The van der Waals surface area contributed by atoms with E-state index in [1.54, 1.807) is 6.07 Å². The van der Waals surface area contributed by atoms with Crippen LogP contribution in [0.3, 0.4) is 0 Å². The summed E-state index contributed by atoms with van der Waals surface area (Å²) in [5, 5.41) is 15.7. The zero-order chi connectivity index (χ0) is 24.9. The monoisotopic (exact) mass is 500 g/mol. The van der Waals surface area contributed by atoms with Crippen LogP contribution in [-0.4, -0.2) is 23.9 Å². The molecule has 3 aromatic carbocycles. The van der Waals surface area contributed by atoms with Crippen LogP contribution in [0.15, 0.2) is 72.8 Å². The SMILES string of the molecule is O=C(CNC(CCOc1cccc2c3c(sc12)CCCC3)c1ccccc1)c1cccc([N+](=O)[O-])c1. The second-order valence-electron chi connectivity index (χ2n) is 9.06. The summed E-state index contributed by atoms with van der Waals surface area (Å²) < 4.78 is 7.52. The minimum absolute atomic E-state index is 0.0773. The first-order valence-corrected chi connectivity index (χ1v) is 13.1. The molecular formula is C29H28N2O4S. The van der Waals surface area contributed by atoms with Crippen LogP contribution >= 0.6 is 11.3 Å². The number of nitrogens with one attached hydrogen (secondary N) is 1. The molecule has 0 radical (unpaired) electrons. The van der Waals surface area contributed by atoms with E-state index in [1.165, 1.54) is 51.6 Å². The van der Waals surface area contributed by atoms with E-state index in [2.05, 4.69) is 17.4 Å². The lowest BCUT2D eigenvalue weighted by molar-refractivity contribution is -0.384. The lowest BCUT2D eigenvalue weighted by Gasteiger charge is -2.19. The Kier molecular flexibility index (Phi) is 7.39. The van der Waals surface area contributed by atoms with Gasteiger partial charge in [-0.1, -0.05) is 54.6 Å². The summed E-state index contributed by atoms with van der Waals surface area (Å²) in [6.45, 7) is 0.577. The Morgan fingerprint density at radius 2 is 1.83 bits per heavy atom. The van der Waals surface area contributed by atoms with Crippen LogP contribution in [0, 0.1) is 10.1 Å². The number of hydrogen-bond acceptors (Lipinski definition) is 6. The molecule has 6 nitrogen and oxygen atoms in total. The van der Waals surface area contributed by atoms with Crippen molar-refractivity contribution in [2.45, 2.75) is 38.1 Å². The fraction of sp³-hybridized carbons (Fsp3) is 0.276. The third kappa shape index (κ3) is 5.32. The molecule has 5 rings (SSSR count). The zero-order valence-electron chi connectivity index (χ0n) is 19.9. The molecule has 1 heterocycles. The highest BCUT2D eigenvalue weighted by Gasteiger charge is 2.19. The van der Waals surface area contributed by atoms with E-state index < -0.39 is 4.92 Å². The third-order valence-corrected chi connectivity index (χ3v) is 8.02. The van der Waals surface area contributed by atoms with Crippen molar-refractivity contribution in [1.29, 1.82) is 0 Å². The second kappa shape index (κ2) is 11.0. The Bertz CT molecular complexity index is 1380. The number of aryl methyl sites for hydroxylation is 2. The summed E-state index contributed by atoms with van der Waals surface area (Å²) in [4.78, 5) is 24.9. The number of carbonyl (C=O) groups is 1. The molecule has 1 unspecified atom stereocenters. The highest BCUT2D eigenvalue weighted by Crippen LogP contribution is 2.41. The molecule has 184 valence electrons. The Morgan fingerprint density at radius 1 is 1.03 bits per heavy atom. The molecule has 0 aliphatic heterocycles. The van der Waals surface area contributed by atoms with Gasteiger partial charge in [0.25, 0.3) is 5.69 Å². The first kappa shape index (κ1) is 24.2. The average Bonchev–Trinajstić information content (AvgIpc) is 3.30. The van der Waals surface area contributed by atoms with Crippen LogP contribution in [0.4, 0.5) is 5.69 Å². The van der Waals surface area contributed by atoms with Gasteiger partial charge in [-0.2, -0.15) is 0 Å². The Morgan fingerprint density at radius 3 is 2.67 bits per heavy atom. The van der Waals surface area contributed by atoms with Crippen LogP contribution in [0.25, 0.3) is 10.1 Å². The van der Waals surface area contributed by atoms with E-state index in [0.29, 0.717) is 18.6 Å². The van der Waals surface area contributed by atoms with Crippen LogP contribution in [0.1, 0.15) is 51.7 Å². The molecule has 1 N–H and O–H groups in total. The van der Waals surface area contributed by atoms with Gasteiger partial charge in [0.1, 0.15) is 5.75 Å². The van der Waals surface area contributed by atoms with Crippen molar-refractivity contribution >= 4 is 32.9 Å². The van der Waals surface area contributed by atoms with Crippen LogP contribution in [0.5, 0.6) is 5.75 Å². The normalized spacial score (nSPS) is 13.8. The summed E-state index contributed by atoms with van der Waals surface area (Å²) >= 11 is 1.86. The van der Waals surface area contributed by atoms with Crippen molar-refractivity contribution in [2.75, 3.05) is 13.2 Å². The smallest absolute Gasteiger partial charge is 0.270 e. The molecule has 1 aromatic heterocycles. The number of nitro groups is 1. The lowest BCUT2D eigenvalue weighted by atomic mass is 9.96. The topological polar surface area (TPSA) is 81.5 Å². The maximum atomic E-state index is 12.8. The molecule has 1 atom stereocenters. The molecule has 36 heavy (non-hydrogen) atoms. The Hall–Kier alpha value is -3.55. The van der Waals surface area contributed by atoms with E-state index in [1.807, 2.05) is 47.7 Å². The highest BCUT2D eigenvalue weighted by molar-refractivity contribution is 7.19. The van der Waals surface area contributed by atoms with Gasteiger partial charge in [0, 0.05) is 35.0 Å². The minimum Gasteiger partial charge on any atom is -0.492 e. The molecule has 0 amide bonds. The van der Waals surface area contributed by atoms with Gasteiger partial charge in [0.15, 0.2) is 5.78 Å². The molecule has 0 saturated carbocycles. The number of fused-ring (bicyclic) bond motifs is 3. The molecule has 4 aromatic rings. The van der Waals surface area contributed by atoms with Crippen LogP contribution < -0.4 is 10.1 Å². The molecule has 7 heteroatoms. The van der Waals surface area contributed by atoms with Crippen molar-refractivity contribution in [3.05, 3.63) is 104 Å². The number of rotatable bonds is 10. The van der Waals surface area contributed by atoms with Crippen molar-refractivity contribution in [1.82, 2.24) is 5.32 Å². The minimum atomic E-state index is -0.487. The number of non-ortho nitro benzene ring substituents is 1. The van der Waals surface area contributed by atoms with Gasteiger partial charge < -0.3 is 10.1 Å². The number of thiophene rings is 1. The first-order chi connectivity index (χ1) is 17.6. The van der Waals surface area contributed by atoms with Crippen LogP contribution in [-0.2, 0) is 12.8 Å². The fourth-order valence-corrected chi connectivity index (χ4v) is 6.20. The van der Waals surface area contributed by atoms with Gasteiger partial charge in [-0.3, -0.25) is 14.9 Å². The van der Waals surface area contributed by atoms with E-state index in [4.69, 9.17) is 4.74 Å². The maximum Gasteiger partial charge on any atom is 0.270 e. The van der Waals surface area contributed by atoms with Gasteiger partial charge in [-0.15, -0.1) is 11.3 Å². The van der Waals surface area contributed by atoms with Crippen molar-refractivity contribution < 1.29 is 14.5 Å². The second-order valence-corrected chi connectivity index (χ2v) is 10.2. The zero-order valence-corrected chi connectivity index (χ0v) is 20.8. The van der Waals surface area contributed by atoms with E-state index in [-0.39, 0.29) is 24.1 Å². The van der Waals surface area contributed by atoms with Gasteiger partial charge in [0.2, 0.25) is 0 Å². The fourth-order valence-electron chi connectivity index (χ4n) is 4.84. The van der Waals surface area contributed by atoms with Crippen LogP contribution in [0.2, 0.25) is 0 Å². The van der Waals surface area contributed by atoms with Gasteiger partial charge >= 0.3 is 0 Å². The first-order valence-electron chi connectivity index (χ1n) is 12.3. The number of Topliss-reactive ketones (excluding diaryl/α,β-unsaturated/α-hetero) is 1. The van der Waals surface area contributed by atoms with Crippen molar-refractivity contribution in [3.63, 3.8) is 0 Å². The van der Waals surface area contributed by atoms with Gasteiger partial charge in [0.05, 0.1) is 22.8 Å². The number of ether oxygens (including phenoxy) is 1. The maximum absolute atomic E-state index is 12.8. The highest BCUT2D eigenvalue weighted by atomic mass is 32.1. The van der Waals surface area contributed by atoms with Gasteiger partial charge in [-0.25, -0.2) is 0 Å². The number of nitro benzene ring substituents is 1. The number of carbonyl (C=O) groups excluding carboxylic acids is 1. The molecule has 0 spiro atoms. The number of benzene rings is 3. The summed E-state index contributed by atoms with van der Waals surface area (Å²) in [5.41, 5.74) is 2.80. The quantitative estimate of drug-likeness (QED) is 0.149. The predicted octanol–water partition coefficient (Wildman–Crippen LogP) is 6.67. The molecule has 0 saturated heterocycles. The summed E-state index contributed by atoms with van der Waals surface area (Å²) in [7, 11) is 0. The van der Waals surface area contributed by atoms with Crippen molar-refractivity contribution in [3.8, 4) is 5.75 Å². The standard InChI is InChI=1S/C29H28N2O4S/c32-26(21-10-6-11-22(18-21)31(33)34)19-30-25(20-8-2-1-3-9-20)16-17-35-27-14-7-13-24-23-12-4-5-15-28(23)36-29(24)27/h1-3,6-11,13-14,18,25,30H,4-5,12,15-17,19H2. The lowest BCUT2D eigenvalue weighted by Crippen LogP contribution is -2.29. The Labute approximate surface area is 214 Å². The van der Waals surface area contributed by atoms with E-state index >= 15 is 0 Å². The van der Waals surface area contributed by atoms with Crippen molar-refractivity contribution in [2.24, 2.45) is 0 Å².